The average molecular weight is 1310 g/mol. The van der Waals surface area contributed by atoms with Gasteiger partial charge in [-0.05, 0) is 103 Å². The predicted octanol–water partition coefficient (Wildman–Crippen LogP) is 22.7. The number of carbonyl (C=O) groups excluding carboxylic acids is 1. The highest BCUT2D eigenvalue weighted by Gasteiger charge is 2.44. The molecule has 7 unspecified atom stereocenters. The summed E-state index contributed by atoms with van der Waals surface area (Å²) >= 11 is 0. The Hall–Kier alpha value is -3.67. The summed E-state index contributed by atoms with van der Waals surface area (Å²) in [4.78, 5) is 13.2. The van der Waals surface area contributed by atoms with E-state index in [0.717, 1.165) is 96.3 Å². The van der Waals surface area contributed by atoms with Crippen LogP contribution in [0.5, 0.6) is 0 Å². The number of allylic oxidation sites excluding steroid dienone is 21. The minimum Gasteiger partial charge on any atom is -0.394 e. The number of ether oxygens (including phenoxy) is 2. The molecule has 1 rings (SSSR count). The van der Waals surface area contributed by atoms with E-state index in [9.17, 15) is 30.3 Å². The van der Waals surface area contributed by atoms with Crippen LogP contribution < -0.4 is 5.32 Å². The molecule has 1 fully saturated rings. The molecule has 6 N–H and O–H groups in total. The first kappa shape index (κ1) is 88.3. The molecule has 0 radical (unpaired) electrons. The molecule has 9 nitrogen and oxygen atoms in total. The maximum Gasteiger partial charge on any atom is 0.220 e. The lowest BCUT2D eigenvalue weighted by molar-refractivity contribution is -0.302. The fourth-order valence-electron chi connectivity index (χ4n) is 11.9. The lowest BCUT2D eigenvalue weighted by Crippen LogP contribution is -2.60. The SMILES string of the molecule is CC/C=C\C/C=C\C/C=C\C/C=C\C/C=C\C/C=C\C/C=C\C/C=C\C/C=C\CCCCCCCCCCCCCCCC(=O)NC(COC1OC(CO)C(O)C(O)C1O)C(O)/C=C/CC/C=C/CCCCCCCCCCCCCCCCCCCCCCCCCC. The zero-order chi connectivity index (χ0) is 67.8. The fourth-order valence-corrected chi connectivity index (χ4v) is 11.9. The number of hydrogen-bond donors (Lipinski definition) is 6. The van der Waals surface area contributed by atoms with Gasteiger partial charge in [-0.25, -0.2) is 0 Å². The Morgan fingerprint density at radius 1 is 0.372 bits per heavy atom. The van der Waals surface area contributed by atoms with Crippen molar-refractivity contribution in [1.82, 2.24) is 5.32 Å². The lowest BCUT2D eigenvalue weighted by Gasteiger charge is -2.40. The summed E-state index contributed by atoms with van der Waals surface area (Å²) in [5.74, 6) is -0.189. The Bertz CT molecular complexity index is 1960. The molecule has 9 heteroatoms. The second kappa shape index (κ2) is 72.1. The molecule has 0 aromatic carbocycles. The van der Waals surface area contributed by atoms with E-state index in [-0.39, 0.29) is 12.5 Å². The number of rotatable bonds is 68. The number of nitrogens with one attached hydrogen (secondary N) is 1. The van der Waals surface area contributed by atoms with E-state index in [0.29, 0.717) is 6.42 Å². The van der Waals surface area contributed by atoms with Gasteiger partial charge in [0.05, 0.1) is 25.4 Å². The molecule has 0 bridgehead atoms. The first-order chi connectivity index (χ1) is 46.3. The van der Waals surface area contributed by atoms with Gasteiger partial charge in [0.15, 0.2) is 6.29 Å². The first-order valence-electron chi connectivity index (χ1n) is 39.4. The van der Waals surface area contributed by atoms with Gasteiger partial charge in [-0.2, -0.15) is 0 Å². The Balaban J connectivity index is 2.12. The van der Waals surface area contributed by atoms with Gasteiger partial charge >= 0.3 is 0 Å². The van der Waals surface area contributed by atoms with Gasteiger partial charge in [0.2, 0.25) is 5.91 Å². The molecular weight excluding hydrogens is 1160 g/mol. The highest BCUT2D eigenvalue weighted by molar-refractivity contribution is 5.76. The summed E-state index contributed by atoms with van der Waals surface area (Å²) in [5, 5.41) is 54.9. The maximum atomic E-state index is 13.2. The van der Waals surface area contributed by atoms with Crippen LogP contribution in [-0.2, 0) is 14.3 Å². The maximum absolute atomic E-state index is 13.2. The third-order valence-electron chi connectivity index (χ3n) is 18.0. The van der Waals surface area contributed by atoms with Crippen LogP contribution >= 0.6 is 0 Å². The second-order valence-corrected chi connectivity index (χ2v) is 26.8. The summed E-state index contributed by atoms with van der Waals surface area (Å²) < 4.78 is 11.3. The molecule has 1 aliphatic rings. The zero-order valence-electron chi connectivity index (χ0n) is 60.7. The van der Waals surface area contributed by atoms with Crippen molar-refractivity contribution in [3.63, 3.8) is 0 Å². The van der Waals surface area contributed by atoms with Crippen LogP contribution in [0.15, 0.2) is 134 Å². The molecular formula is C85H147NO8. The highest BCUT2D eigenvalue weighted by atomic mass is 16.7. The largest absolute Gasteiger partial charge is 0.394 e. The van der Waals surface area contributed by atoms with Crippen LogP contribution in [0, 0.1) is 0 Å². The van der Waals surface area contributed by atoms with E-state index in [1.165, 1.54) is 225 Å². The highest BCUT2D eigenvalue weighted by Crippen LogP contribution is 2.23. The summed E-state index contributed by atoms with van der Waals surface area (Å²) in [6.45, 7) is 3.68. The van der Waals surface area contributed by atoms with Crippen molar-refractivity contribution in [2.45, 2.75) is 384 Å². The van der Waals surface area contributed by atoms with Gasteiger partial charge in [0.1, 0.15) is 24.4 Å². The summed E-state index contributed by atoms with van der Waals surface area (Å²) in [6, 6.07) is -0.833. The number of hydrogen-bond acceptors (Lipinski definition) is 8. The van der Waals surface area contributed by atoms with Crippen molar-refractivity contribution in [3.05, 3.63) is 134 Å². The second-order valence-electron chi connectivity index (χ2n) is 26.8. The van der Waals surface area contributed by atoms with Crippen molar-refractivity contribution in [3.8, 4) is 0 Å². The molecule has 0 aromatic rings. The first-order valence-corrected chi connectivity index (χ1v) is 39.4. The molecule has 1 aliphatic heterocycles. The van der Waals surface area contributed by atoms with Gasteiger partial charge in [0.25, 0.3) is 0 Å². The van der Waals surface area contributed by atoms with Gasteiger partial charge in [0, 0.05) is 6.42 Å². The van der Waals surface area contributed by atoms with Crippen LogP contribution in [0.25, 0.3) is 0 Å². The molecule has 7 atom stereocenters. The minimum absolute atomic E-state index is 0.189. The fraction of sp³-hybridized carbons (Fsp3) is 0.729. The van der Waals surface area contributed by atoms with Crippen molar-refractivity contribution >= 4 is 5.91 Å². The average Bonchev–Trinajstić information content (AvgIpc) is 0.831. The van der Waals surface area contributed by atoms with Crippen LogP contribution in [0.1, 0.15) is 341 Å². The van der Waals surface area contributed by atoms with Crippen molar-refractivity contribution < 1.29 is 39.8 Å². The number of carbonyl (C=O) groups is 1. The molecule has 540 valence electrons. The molecule has 0 spiro atoms. The van der Waals surface area contributed by atoms with Gasteiger partial charge in [-0.1, -0.05) is 366 Å². The number of aliphatic hydroxyl groups is 5. The van der Waals surface area contributed by atoms with E-state index in [4.69, 9.17) is 9.47 Å². The quantitative estimate of drug-likeness (QED) is 0.0261. The smallest absolute Gasteiger partial charge is 0.220 e. The van der Waals surface area contributed by atoms with Crippen LogP contribution in [0.2, 0.25) is 0 Å². The molecule has 94 heavy (non-hydrogen) atoms. The predicted molar refractivity (Wildman–Crippen MR) is 405 cm³/mol. The topological polar surface area (TPSA) is 149 Å². The number of aliphatic hydroxyl groups excluding tert-OH is 5. The van der Waals surface area contributed by atoms with Crippen molar-refractivity contribution in [2.24, 2.45) is 0 Å². The van der Waals surface area contributed by atoms with Gasteiger partial charge in [-0.15, -0.1) is 0 Å². The molecule has 1 heterocycles. The number of unbranched alkanes of at least 4 members (excludes halogenated alkanes) is 38. The molecule has 1 saturated heterocycles. The van der Waals surface area contributed by atoms with Crippen molar-refractivity contribution in [1.29, 1.82) is 0 Å². The van der Waals surface area contributed by atoms with Gasteiger partial charge in [-0.3, -0.25) is 4.79 Å². The minimum atomic E-state index is -1.58. The molecule has 0 aliphatic carbocycles. The normalized spacial score (nSPS) is 18.3. The monoisotopic (exact) mass is 1310 g/mol. The van der Waals surface area contributed by atoms with Gasteiger partial charge < -0.3 is 40.3 Å². The number of amides is 1. The van der Waals surface area contributed by atoms with E-state index in [1.54, 1.807) is 6.08 Å². The molecule has 0 saturated carbocycles. The molecule has 0 aromatic heterocycles. The summed E-state index contributed by atoms with van der Waals surface area (Å²) in [6.07, 6.45) is 103. The summed E-state index contributed by atoms with van der Waals surface area (Å²) in [7, 11) is 0. The van der Waals surface area contributed by atoms with Crippen LogP contribution in [0.4, 0.5) is 0 Å². The third-order valence-corrected chi connectivity index (χ3v) is 18.0. The third kappa shape index (κ3) is 59.6. The van der Waals surface area contributed by atoms with Crippen LogP contribution in [-0.4, -0.2) is 87.5 Å². The Labute approximate surface area is 579 Å². The Morgan fingerprint density at radius 3 is 1.02 bits per heavy atom. The zero-order valence-corrected chi connectivity index (χ0v) is 60.7. The van der Waals surface area contributed by atoms with E-state index in [1.807, 2.05) is 6.08 Å². The lowest BCUT2D eigenvalue weighted by atomic mass is 9.99. The van der Waals surface area contributed by atoms with E-state index >= 15 is 0 Å². The van der Waals surface area contributed by atoms with Crippen molar-refractivity contribution in [2.75, 3.05) is 13.2 Å². The Kier molecular flexibility index (Phi) is 67.7. The van der Waals surface area contributed by atoms with E-state index in [2.05, 4.69) is 141 Å². The van der Waals surface area contributed by atoms with Crippen LogP contribution in [0.3, 0.4) is 0 Å². The molecule has 1 amide bonds. The Morgan fingerprint density at radius 2 is 0.670 bits per heavy atom. The standard InChI is InChI=1S/C85H147NO8/c1-3-5-7-9-11-13-15-17-19-21-23-25-27-29-31-33-35-36-37-38-39-40-41-42-43-44-45-47-49-51-53-55-57-59-61-63-65-67-69-71-73-75-81(89)86-78(77-93-85-84(92)83(91)82(90)80(76-87)94-85)79(88)74-72-70-68-66-64-62-60-58-56-54-52-50-48-46-34-32-30-28-26-24-22-20-18-16-14-12-10-8-6-4-2/h5,7,11,13,17,19,23,25,29,31,35-36,38-39,41-42,44-45,64,66,72,74,78-80,82-85,87-88,90-92H,3-4,6,8-10,12,14-16,18,20-22,24,26-28,30,32-34,37,40,43,46-63,65,67-71,73,75-77H2,1-2H3,(H,86,89)/b7-5-,13-11-,19-17-,25-23-,31-29-,36-35-,39-38-,42-41-,45-44-,66-64+,74-72+. The summed E-state index contributed by atoms with van der Waals surface area (Å²) in [5.41, 5.74) is 0. The van der Waals surface area contributed by atoms with E-state index < -0.39 is 49.5 Å².